The summed E-state index contributed by atoms with van der Waals surface area (Å²) in [5, 5.41) is 10.2. The quantitative estimate of drug-likeness (QED) is 0.732. The summed E-state index contributed by atoms with van der Waals surface area (Å²) in [4.78, 5) is 10.9. The van der Waals surface area contributed by atoms with Crippen LogP contribution in [0.1, 0.15) is 55.6 Å². The van der Waals surface area contributed by atoms with Gasteiger partial charge in [-0.15, -0.1) is 11.3 Å². The van der Waals surface area contributed by atoms with Crippen LogP contribution in [0.3, 0.4) is 0 Å². The number of aromatic carboxylic acids is 1. The number of rotatable bonds is 9. The molecule has 0 saturated heterocycles. The molecule has 7 heteroatoms. The van der Waals surface area contributed by atoms with Gasteiger partial charge in [-0.2, -0.15) is 0 Å². The van der Waals surface area contributed by atoms with Crippen molar-refractivity contribution in [1.29, 1.82) is 0 Å². The first kappa shape index (κ1) is 17.1. The van der Waals surface area contributed by atoms with Gasteiger partial charge in [-0.3, -0.25) is 0 Å². The Bertz CT molecular complexity index is 536. The first-order chi connectivity index (χ1) is 9.40. The van der Waals surface area contributed by atoms with Gasteiger partial charge in [0.05, 0.1) is 4.90 Å². The summed E-state index contributed by atoms with van der Waals surface area (Å²) in [5.74, 6) is -1.10. The summed E-state index contributed by atoms with van der Waals surface area (Å²) >= 11 is 0.924. The van der Waals surface area contributed by atoms with Crippen LogP contribution in [0.4, 0.5) is 0 Å². The number of carbonyl (C=O) groups is 1. The molecule has 0 aliphatic heterocycles. The van der Waals surface area contributed by atoms with Gasteiger partial charge in [-0.25, -0.2) is 17.9 Å². The number of nitrogens with one attached hydrogen (secondary N) is 1. The second-order valence-electron chi connectivity index (χ2n) is 4.70. The van der Waals surface area contributed by atoms with Crippen LogP contribution in [0.15, 0.2) is 16.3 Å². The van der Waals surface area contributed by atoms with Crippen molar-refractivity contribution in [3.05, 3.63) is 16.3 Å². The second kappa shape index (κ2) is 7.75. The molecule has 0 spiro atoms. The van der Waals surface area contributed by atoms with E-state index in [-0.39, 0.29) is 15.8 Å². The van der Waals surface area contributed by atoms with Gasteiger partial charge in [0.2, 0.25) is 10.0 Å². The highest BCUT2D eigenvalue weighted by Crippen LogP contribution is 2.20. The molecule has 1 aromatic heterocycles. The fraction of sp³-hybridized carbons (Fsp3) is 0.615. The van der Waals surface area contributed by atoms with Gasteiger partial charge < -0.3 is 5.11 Å². The van der Waals surface area contributed by atoms with Crippen LogP contribution >= 0.6 is 11.3 Å². The summed E-state index contributed by atoms with van der Waals surface area (Å²) in [6, 6.07) is 1.12. The zero-order chi connectivity index (χ0) is 15.2. The van der Waals surface area contributed by atoms with Crippen LogP contribution in [0.25, 0.3) is 0 Å². The molecule has 114 valence electrons. The molecule has 1 atom stereocenters. The Hall–Kier alpha value is -0.920. The van der Waals surface area contributed by atoms with Crippen molar-refractivity contribution in [3.63, 3.8) is 0 Å². The first-order valence-electron chi connectivity index (χ1n) is 6.74. The van der Waals surface area contributed by atoms with E-state index in [2.05, 4.69) is 11.6 Å². The minimum atomic E-state index is -3.63. The molecule has 1 rings (SSSR count). The third-order valence-corrected chi connectivity index (χ3v) is 5.53. The molecule has 0 aromatic carbocycles. The van der Waals surface area contributed by atoms with Crippen molar-refractivity contribution in [2.24, 2.45) is 0 Å². The molecule has 1 unspecified atom stereocenters. The highest BCUT2D eigenvalue weighted by Gasteiger charge is 2.22. The summed E-state index contributed by atoms with van der Waals surface area (Å²) in [6.45, 7) is 4.08. The van der Waals surface area contributed by atoms with Crippen LogP contribution in [-0.4, -0.2) is 25.5 Å². The highest BCUT2D eigenvalue weighted by atomic mass is 32.2. The zero-order valence-corrected chi connectivity index (χ0v) is 13.4. The molecule has 0 aliphatic rings. The van der Waals surface area contributed by atoms with Gasteiger partial charge in [0, 0.05) is 11.4 Å². The van der Waals surface area contributed by atoms with Crippen molar-refractivity contribution < 1.29 is 18.3 Å². The van der Waals surface area contributed by atoms with Crippen molar-refractivity contribution in [2.45, 2.75) is 56.9 Å². The molecule has 20 heavy (non-hydrogen) atoms. The van der Waals surface area contributed by atoms with E-state index in [0.29, 0.717) is 0 Å². The van der Waals surface area contributed by atoms with Crippen LogP contribution in [0, 0.1) is 0 Å². The van der Waals surface area contributed by atoms with Crippen LogP contribution in [0.5, 0.6) is 0 Å². The van der Waals surface area contributed by atoms with E-state index in [9.17, 15) is 13.2 Å². The Labute approximate surface area is 124 Å². The van der Waals surface area contributed by atoms with E-state index in [0.717, 1.165) is 43.4 Å². The van der Waals surface area contributed by atoms with Crippen LogP contribution < -0.4 is 4.72 Å². The Balaban J connectivity index is 2.82. The molecule has 1 heterocycles. The third kappa shape index (κ3) is 4.88. The molecule has 0 aliphatic carbocycles. The average Bonchev–Trinajstić information content (AvgIpc) is 2.86. The number of unbranched alkanes of at least 4 members (excludes halogenated alkanes) is 1. The summed E-state index contributed by atoms with van der Waals surface area (Å²) in [6.07, 6.45) is 4.48. The second-order valence-corrected chi connectivity index (χ2v) is 7.33. The number of hydrogen-bond donors (Lipinski definition) is 2. The van der Waals surface area contributed by atoms with E-state index >= 15 is 0 Å². The van der Waals surface area contributed by atoms with E-state index in [1.165, 1.54) is 11.4 Å². The smallest absolute Gasteiger partial charge is 0.345 e. The third-order valence-electron chi connectivity index (χ3n) is 2.96. The van der Waals surface area contributed by atoms with Crippen molar-refractivity contribution in [2.75, 3.05) is 0 Å². The summed E-state index contributed by atoms with van der Waals surface area (Å²) < 4.78 is 27.1. The zero-order valence-electron chi connectivity index (χ0n) is 11.8. The minimum absolute atomic E-state index is 0.0333. The summed E-state index contributed by atoms with van der Waals surface area (Å²) in [7, 11) is -3.63. The molecule has 0 amide bonds. The molecule has 0 bridgehead atoms. The number of sulfonamides is 1. The van der Waals surface area contributed by atoms with E-state index in [4.69, 9.17) is 5.11 Å². The Morgan fingerprint density at radius 3 is 2.55 bits per heavy atom. The van der Waals surface area contributed by atoms with Crippen LogP contribution in [0.2, 0.25) is 0 Å². The fourth-order valence-corrected chi connectivity index (χ4v) is 4.34. The maximum atomic E-state index is 12.2. The Morgan fingerprint density at radius 2 is 2.05 bits per heavy atom. The Kier molecular flexibility index (Phi) is 6.64. The number of thiophene rings is 1. The topological polar surface area (TPSA) is 83.5 Å². The average molecular weight is 319 g/mol. The number of carboxylic acids is 1. The molecule has 0 radical (unpaired) electrons. The predicted molar refractivity (Wildman–Crippen MR) is 79.8 cm³/mol. The molecule has 0 fully saturated rings. The van der Waals surface area contributed by atoms with Gasteiger partial charge in [0.15, 0.2) is 0 Å². The van der Waals surface area contributed by atoms with Crippen molar-refractivity contribution in [3.8, 4) is 0 Å². The predicted octanol–water partition coefficient (Wildman–Crippen LogP) is 3.08. The van der Waals surface area contributed by atoms with Gasteiger partial charge >= 0.3 is 5.97 Å². The van der Waals surface area contributed by atoms with Crippen LogP contribution in [-0.2, 0) is 10.0 Å². The van der Waals surface area contributed by atoms with E-state index in [1.807, 2.05) is 6.92 Å². The molecule has 0 saturated carbocycles. The lowest BCUT2D eigenvalue weighted by atomic mass is 10.1. The standard InChI is InChI=1S/C13H21NO4S2/c1-3-5-7-10(6-4-2)14-20(17,18)11-8-12(13(15)16)19-9-11/h8-10,14H,3-7H2,1-2H3,(H,15,16). The molecule has 5 nitrogen and oxygen atoms in total. The van der Waals surface area contributed by atoms with E-state index < -0.39 is 16.0 Å². The number of hydrogen-bond acceptors (Lipinski definition) is 4. The van der Waals surface area contributed by atoms with E-state index in [1.54, 1.807) is 0 Å². The van der Waals surface area contributed by atoms with Gasteiger partial charge in [-0.05, 0) is 18.9 Å². The molecule has 1 aromatic rings. The first-order valence-corrected chi connectivity index (χ1v) is 9.11. The SMILES string of the molecule is CCCCC(CCC)NS(=O)(=O)c1csc(C(=O)O)c1. The lowest BCUT2D eigenvalue weighted by Crippen LogP contribution is -2.34. The largest absolute Gasteiger partial charge is 0.477 e. The Morgan fingerprint density at radius 1 is 1.35 bits per heavy atom. The van der Waals surface area contributed by atoms with Gasteiger partial charge in [-0.1, -0.05) is 33.1 Å². The molecular weight excluding hydrogens is 298 g/mol. The number of carboxylic acid groups (broad SMARTS) is 1. The fourth-order valence-electron chi connectivity index (χ4n) is 1.92. The van der Waals surface area contributed by atoms with Crippen molar-refractivity contribution in [1.82, 2.24) is 4.72 Å². The maximum absolute atomic E-state index is 12.2. The van der Waals surface area contributed by atoms with Gasteiger partial charge in [0.25, 0.3) is 0 Å². The molecule has 2 N–H and O–H groups in total. The summed E-state index contributed by atoms with van der Waals surface area (Å²) in [5.41, 5.74) is 0. The monoisotopic (exact) mass is 319 g/mol. The normalized spacial score (nSPS) is 13.3. The van der Waals surface area contributed by atoms with Crippen molar-refractivity contribution >= 4 is 27.3 Å². The molecular formula is C13H21NO4S2. The maximum Gasteiger partial charge on any atom is 0.345 e. The lowest BCUT2D eigenvalue weighted by molar-refractivity contribution is 0.0702. The van der Waals surface area contributed by atoms with Gasteiger partial charge in [0.1, 0.15) is 4.88 Å². The minimum Gasteiger partial charge on any atom is -0.477 e. The highest BCUT2D eigenvalue weighted by molar-refractivity contribution is 7.89. The lowest BCUT2D eigenvalue weighted by Gasteiger charge is -2.17.